The Morgan fingerprint density at radius 2 is 1.43 bits per heavy atom. The normalized spacial score (nSPS) is 11.0. The number of benzene rings is 2. The highest BCUT2D eigenvalue weighted by Gasteiger charge is 2.06. The van der Waals surface area contributed by atoms with Crippen LogP contribution in [0.15, 0.2) is 42.5 Å². The maximum absolute atomic E-state index is 9.34. The van der Waals surface area contributed by atoms with Gasteiger partial charge in [0.2, 0.25) is 0 Å². The SMILES string of the molecule is CCCN(CCc1ccc(O)cc1)CCc1ccc(N)c(N)c1. The van der Waals surface area contributed by atoms with Crippen molar-refractivity contribution in [1.29, 1.82) is 0 Å². The monoisotopic (exact) mass is 313 g/mol. The fourth-order valence-corrected chi connectivity index (χ4v) is 2.67. The summed E-state index contributed by atoms with van der Waals surface area (Å²) >= 11 is 0. The summed E-state index contributed by atoms with van der Waals surface area (Å²) in [4.78, 5) is 2.47. The molecule has 0 heterocycles. The van der Waals surface area contributed by atoms with Gasteiger partial charge in [-0.15, -0.1) is 0 Å². The van der Waals surface area contributed by atoms with E-state index in [4.69, 9.17) is 11.5 Å². The molecule has 0 radical (unpaired) electrons. The molecule has 0 atom stereocenters. The van der Waals surface area contributed by atoms with E-state index in [0.717, 1.165) is 38.9 Å². The third-order valence-electron chi connectivity index (χ3n) is 4.06. The van der Waals surface area contributed by atoms with Gasteiger partial charge in [-0.1, -0.05) is 25.1 Å². The van der Waals surface area contributed by atoms with Gasteiger partial charge >= 0.3 is 0 Å². The van der Waals surface area contributed by atoms with Crippen molar-refractivity contribution in [1.82, 2.24) is 4.90 Å². The minimum Gasteiger partial charge on any atom is -0.508 e. The topological polar surface area (TPSA) is 75.5 Å². The van der Waals surface area contributed by atoms with Crippen LogP contribution in [-0.2, 0) is 12.8 Å². The van der Waals surface area contributed by atoms with Crippen LogP contribution in [0.2, 0.25) is 0 Å². The van der Waals surface area contributed by atoms with Crippen LogP contribution in [0.4, 0.5) is 11.4 Å². The van der Waals surface area contributed by atoms with Gasteiger partial charge in [0.05, 0.1) is 11.4 Å². The maximum atomic E-state index is 9.34. The molecule has 5 N–H and O–H groups in total. The Balaban J connectivity index is 1.87. The largest absolute Gasteiger partial charge is 0.508 e. The van der Waals surface area contributed by atoms with Crippen LogP contribution in [0.25, 0.3) is 0 Å². The maximum Gasteiger partial charge on any atom is 0.115 e. The first kappa shape index (κ1) is 17.2. The third kappa shape index (κ3) is 5.49. The van der Waals surface area contributed by atoms with Crippen molar-refractivity contribution in [2.24, 2.45) is 0 Å². The summed E-state index contributed by atoms with van der Waals surface area (Å²) in [6, 6.07) is 13.4. The molecule has 0 aliphatic carbocycles. The van der Waals surface area contributed by atoms with Crippen molar-refractivity contribution >= 4 is 11.4 Å². The standard InChI is InChI=1S/C19H27N3O/c1-2-11-22(12-9-15-3-6-17(23)7-4-15)13-10-16-5-8-18(20)19(21)14-16/h3-8,14,23H,2,9-13,20-21H2,1H3. The highest BCUT2D eigenvalue weighted by atomic mass is 16.3. The van der Waals surface area contributed by atoms with Gasteiger partial charge in [-0.2, -0.15) is 0 Å². The van der Waals surface area contributed by atoms with Crippen molar-refractivity contribution in [2.45, 2.75) is 26.2 Å². The average molecular weight is 313 g/mol. The summed E-state index contributed by atoms with van der Waals surface area (Å²) in [5, 5.41) is 9.34. The number of nitrogen functional groups attached to an aromatic ring is 2. The highest BCUT2D eigenvalue weighted by molar-refractivity contribution is 5.63. The lowest BCUT2D eigenvalue weighted by Crippen LogP contribution is -2.29. The zero-order valence-electron chi connectivity index (χ0n) is 13.8. The van der Waals surface area contributed by atoms with E-state index in [1.807, 2.05) is 24.3 Å². The summed E-state index contributed by atoms with van der Waals surface area (Å²) < 4.78 is 0. The van der Waals surface area contributed by atoms with Gasteiger partial charge in [-0.25, -0.2) is 0 Å². The van der Waals surface area contributed by atoms with Gasteiger partial charge in [0.1, 0.15) is 5.75 Å². The van der Waals surface area contributed by atoms with Crippen LogP contribution >= 0.6 is 0 Å². The van der Waals surface area contributed by atoms with E-state index in [0.29, 0.717) is 17.1 Å². The second kappa shape index (κ2) is 8.44. The van der Waals surface area contributed by atoms with Crippen LogP contribution in [0, 0.1) is 0 Å². The molecule has 4 nitrogen and oxygen atoms in total. The van der Waals surface area contributed by atoms with Gasteiger partial charge in [0.25, 0.3) is 0 Å². The summed E-state index contributed by atoms with van der Waals surface area (Å²) in [6.07, 6.45) is 3.10. The molecule has 0 bridgehead atoms. The van der Waals surface area contributed by atoms with E-state index in [1.54, 1.807) is 12.1 Å². The predicted molar refractivity (Wildman–Crippen MR) is 97.5 cm³/mol. The van der Waals surface area contributed by atoms with Crippen molar-refractivity contribution in [3.05, 3.63) is 53.6 Å². The van der Waals surface area contributed by atoms with Crippen LogP contribution in [0.5, 0.6) is 5.75 Å². The molecule has 124 valence electrons. The summed E-state index contributed by atoms with van der Waals surface area (Å²) in [6.45, 7) is 5.32. The van der Waals surface area contributed by atoms with Crippen LogP contribution in [0.1, 0.15) is 24.5 Å². The molecule has 2 aromatic carbocycles. The van der Waals surface area contributed by atoms with Crippen molar-refractivity contribution in [3.63, 3.8) is 0 Å². The lowest BCUT2D eigenvalue weighted by atomic mass is 10.1. The number of anilines is 2. The van der Waals surface area contributed by atoms with Gasteiger partial charge in [0.15, 0.2) is 0 Å². The van der Waals surface area contributed by atoms with E-state index in [1.165, 1.54) is 11.1 Å². The second-order valence-electron chi connectivity index (χ2n) is 5.97. The first-order valence-electron chi connectivity index (χ1n) is 8.22. The minimum atomic E-state index is 0.320. The third-order valence-corrected chi connectivity index (χ3v) is 4.06. The number of rotatable bonds is 8. The molecule has 0 aromatic heterocycles. The number of hydrogen-bond acceptors (Lipinski definition) is 4. The zero-order chi connectivity index (χ0) is 16.7. The van der Waals surface area contributed by atoms with Gasteiger partial charge in [0, 0.05) is 13.1 Å². The molecule has 0 saturated carbocycles. The number of nitrogens with zero attached hydrogens (tertiary/aromatic N) is 1. The molecular weight excluding hydrogens is 286 g/mol. The highest BCUT2D eigenvalue weighted by Crippen LogP contribution is 2.17. The Labute approximate surface area is 138 Å². The lowest BCUT2D eigenvalue weighted by molar-refractivity contribution is 0.281. The summed E-state index contributed by atoms with van der Waals surface area (Å²) in [5.74, 6) is 0.320. The van der Waals surface area contributed by atoms with Gasteiger partial charge in [-0.05, 0) is 61.2 Å². The Hall–Kier alpha value is -2.20. The molecule has 0 amide bonds. The van der Waals surface area contributed by atoms with Crippen molar-refractivity contribution in [3.8, 4) is 5.75 Å². The molecule has 0 saturated heterocycles. The number of phenols is 1. The fraction of sp³-hybridized carbons (Fsp3) is 0.368. The summed E-state index contributed by atoms with van der Waals surface area (Å²) in [7, 11) is 0. The van der Waals surface area contributed by atoms with E-state index >= 15 is 0 Å². The van der Waals surface area contributed by atoms with Crippen LogP contribution in [-0.4, -0.2) is 29.6 Å². The van der Waals surface area contributed by atoms with E-state index in [-0.39, 0.29) is 0 Å². The molecule has 2 aromatic rings. The molecule has 0 fully saturated rings. The first-order valence-corrected chi connectivity index (χ1v) is 8.22. The molecule has 0 unspecified atom stereocenters. The minimum absolute atomic E-state index is 0.320. The lowest BCUT2D eigenvalue weighted by Gasteiger charge is -2.22. The van der Waals surface area contributed by atoms with Crippen LogP contribution < -0.4 is 11.5 Å². The average Bonchev–Trinajstić information content (AvgIpc) is 2.55. The van der Waals surface area contributed by atoms with Gasteiger partial charge < -0.3 is 21.5 Å². The molecule has 2 rings (SSSR count). The number of hydrogen-bond donors (Lipinski definition) is 3. The zero-order valence-corrected chi connectivity index (χ0v) is 13.8. The number of aromatic hydroxyl groups is 1. The Bertz CT molecular complexity index is 611. The fourth-order valence-electron chi connectivity index (χ4n) is 2.67. The molecule has 4 heteroatoms. The number of nitrogens with two attached hydrogens (primary N) is 2. The molecule has 0 aliphatic heterocycles. The molecule has 0 spiro atoms. The number of phenolic OH excluding ortho intramolecular Hbond substituents is 1. The quantitative estimate of drug-likeness (QED) is 0.655. The van der Waals surface area contributed by atoms with Crippen molar-refractivity contribution in [2.75, 3.05) is 31.1 Å². The van der Waals surface area contributed by atoms with Gasteiger partial charge in [-0.3, -0.25) is 0 Å². The molecule has 23 heavy (non-hydrogen) atoms. The van der Waals surface area contributed by atoms with E-state index in [2.05, 4.69) is 17.9 Å². The summed E-state index contributed by atoms with van der Waals surface area (Å²) in [5.41, 5.74) is 15.4. The first-order chi connectivity index (χ1) is 11.1. The molecular formula is C19H27N3O. The smallest absolute Gasteiger partial charge is 0.115 e. The Morgan fingerprint density at radius 1 is 0.826 bits per heavy atom. The van der Waals surface area contributed by atoms with Crippen molar-refractivity contribution < 1.29 is 5.11 Å². The van der Waals surface area contributed by atoms with E-state index < -0.39 is 0 Å². The Kier molecular flexibility index (Phi) is 6.29. The second-order valence-corrected chi connectivity index (χ2v) is 5.97. The van der Waals surface area contributed by atoms with Crippen LogP contribution in [0.3, 0.4) is 0 Å². The Morgan fingerprint density at radius 3 is 2.04 bits per heavy atom. The predicted octanol–water partition coefficient (Wildman–Crippen LogP) is 3.05. The van der Waals surface area contributed by atoms with E-state index in [9.17, 15) is 5.11 Å². The molecule has 0 aliphatic rings.